The molecule has 0 radical (unpaired) electrons. The molecular formula is C16H15FN2O2. The van der Waals surface area contributed by atoms with Crippen molar-refractivity contribution in [2.45, 2.75) is 12.8 Å². The topological polar surface area (TPSA) is 61.4 Å². The predicted molar refractivity (Wildman–Crippen MR) is 79.3 cm³/mol. The van der Waals surface area contributed by atoms with Crippen LogP contribution in [0.3, 0.4) is 0 Å². The average molecular weight is 286 g/mol. The number of aromatic hydroxyl groups is 1. The molecule has 2 aromatic rings. The summed E-state index contributed by atoms with van der Waals surface area (Å²) in [5.41, 5.74) is 2.76. The molecule has 0 saturated carbocycles. The fourth-order valence-corrected chi connectivity index (χ4v) is 2.44. The van der Waals surface area contributed by atoms with Gasteiger partial charge in [0.15, 0.2) is 0 Å². The summed E-state index contributed by atoms with van der Waals surface area (Å²) < 4.78 is 13.6. The van der Waals surface area contributed by atoms with Crippen molar-refractivity contribution < 1.29 is 14.3 Å². The minimum absolute atomic E-state index is 0.0938. The van der Waals surface area contributed by atoms with Crippen LogP contribution in [0.2, 0.25) is 0 Å². The number of nitrogens with one attached hydrogen (secondary N) is 2. The Morgan fingerprint density at radius 2 is 2.10 bits per heavy atom. The summed E-state index contributed by atoms with van der Waals surface area (Å²) in [5, 5.41) is 15.1. The van der Waals surface area contributed by atoms with Crippen LogP contribution < -0.4 is 10.6 Å². The van der Waals surface area contributed by atoms with E-state index in [-0.39, 0.29) is 11.3 Å². The molecule has 5 heteroatoms. The largest absolute Gasteiger partial charge is 0.508 e. The van der Waals surface area contributed by atoms with Crippen molar-refractivity contribution in [3.63, 3.8) is 0 Å². The highest BCUT2D eigenvalue weighted by Gasteiger charge is 2.14. The lowest BCUT2D eigenvalue weighted by Crippen LogP contribution is -2.15. The number of aryl methyl sites for hydroxylation is 1. The van der Waals surface area contributed by atoms with E-state index in [1.807, 2.05) is 12.1 Å². The summed E-state index contributed by atoms with van der Waals surface area (Å²) in [6.45, 7) is 0.956. The Kier molecular flexibility index (Phi) is 3.48. The van der Waals surface area contributed by atoms with Gasteiger partial charge in [0.05, 0.1) is 5.56 Å². The average Bonchev–Trinajstić information content (AvgIpc) is 2.47. The Morgan fingerprint density at radius 3 is 2.90 bits per heavy atom. The maximum Gasteiger partial charge on any atom is 0.258 e. The lowest BCUT2D eigenvalue weighted by atomic mass is 10.0. The number of amides is 1. The highest BCUT2D eigenvalue weighted by atomic mass is 19.1. The van der Waals surface area contributed by atoms with Gasteiger partial charge >= 0.3 is 0 Å². The van der Waals surface area contributed by atoms with Crippen molar-refractivity contribution in [3.8, 4) is 5.75 Å². The van der Waals surface area contributed by atoms with Crippen LogP contribution in [0.25, 0.3) is 0 Å². The van der Waals surface area contributed by atoms with Gasteiger partial charge in [0, 0.05) is 24.0 Å². The van der Waals surface area contributed by atoms with Crippen LogP contribution in [-0.4, -0.2) is 17.6 Å². The van der Waals surface area contributed by atoms with Gasteiger partial charge in [0.1, 0.15) is 11.6 Å². The lowest BCUT2D eigenvalue weighted by molar-refractivity contribution is 0.102. The van der Waals surface area contributed by atoms with E-state index in [0.717, 1.165) is 36.7 Å². The zero-order valence-electron chi connectivity index (χ0n) is 11.3. The summed E-state index contributed by atoms with van der Waals surface area (Å²) in [5.74, 6) is -1.48. The van der Waals surface area contributed by atoms with Gasteiger partial charge in [-0.25, -0.2) is 4.39 Å². The maximum absolute atomic E-state index is 13.6. The fourth-order valence-electron chi connectivity index (χ4n) is 2.44. The van der Waals surface area contributed by atoms with Crippen molar-refractivity contribution in [1.82, 2.24) is 0 Å². The molecule has 1 amide bonds. The second-order valence-electron chi connectivity index (χ2n) is 5.02. The molecule has 0 unspecified atom stereocenters. The highest BCUT2D eigenvalue weighted by molar-refractivity contribution is 6.04. The number of carbonyl (C=O) groups excluding carboxylic acids is 1. The van der Waals surface area contributed by atoms with Gasteiger partial charge in [-0.3, -0.25) is 4.79 Å². The summed E-state index contributed by atoms with van der Waals surface area (Å²) >= 11 is 0. The van der Waals surface area contributed by atoms with Crippen LogP contribution in [0, 0.1) is 5.82 Å². The highest BCUT2D eigenvalue weighted by Crippen LogP contribution is 2.25. The predicted octanol–water partition coefficient (Wildman–Crippen LogP) is 3.14. The molecule has 1 aliphatic rings. The first-order valence-corrected chi connectivity index (χ1v) is 6.80. The van der Waals surface area contributed by atoms with Gasteiger partial charge in [0.2, 0.25) is 0 Å². The quantitative estimate of drug-likeness (QED) is 0.794. The van der Waals surface area contributed by atoms with Crippen molar-refractivity contribution in [2.75, 3.05) is 17.2 Å². The van der Waals surface area contributed by atoms with E-state index >= 15 is 0 Å². The number of rotatable bonds is 2. The number of phenols is 1. The van der Waals surface area contributed by atoms with Crippen LogP contribution >= 0.6 is 0 Å². The molecule has 4 nitrogen and oxygen atoms in total. The van der Waals surface area contributed by atoms with E-state index in [4.69, 9.17) is 5.11 Å². The van der Waals surface area contributed by atoms with E-state index < -0.39 is 11.7 Å². The first-order valence-electron chi connectivity index (χ1n) is 6.80. The molecule has 1 heterocycles. The van der Waals surface area contributed by atoms with Crippen molar-refractivity contribution in [3.05, 3.63) is 53.3 Å². The standard InChI is InChI=1S/C16H15FN2O2/c17-14-9-12(20)4-5-13(14)16(21)19-11-3-6-15-10(8-11)2-1-7-18-15/h3-6,8-9,18,20H,1-2,7H2,(H,19,21). The van der Waals surface area contributed by atoms with Gasteiger partial charge in [-0.15, -0.1) is 0 Å². The lowest BCUT2D eigenvalue weighted by Gasteiger charge is -2.18. The van der Waals surface area contributed by atoms with E-state index in [1.165, 1.54) is 12.1 Å². The van der Waals surface area contributed by atoms with Crippen LogP contribution in [0.15, 0.2) is 36.4 Å². The molecule has 2 aromatic carbocycles. The smallest absolute Gasteiger partial charge is 0.258 e. The fraction of sp³-hybridized carbons (Fsp3) is 0.188. The van der Waals surface area contributed by atoms with E-state index in [2.05, 4.69) is 10.6 Å². The molecule has 0 fully saturated rings. The molecule has 1 aliphatic heterocycles. The number of carbonyl (C=O) groups is 1. The number of hydrogen-bond acceptors (Lipinski definition) is 3. The molecule has 21 heavy (non-hydrogen) atoms. The van der Waals surface area contributed by atoms with Gasteiger partial charge in [-0.2, -0.15) is 0 Å². The number of fused-ring (bicyclic) bond motifs is 1. The van der Waals surface area contributed by atoms with Crippen molar-refractivity contribution >= 4 is 17.3 Å². The Hall–Kier alpha value is -2.56. The third-order valence-electron chi connectivity index (χ3n) is 3.50. The minimum atomic E-state index is -0.743. The number of halogens is 1. The molecule has 0 aliphatic carbocycles. The molecule has 0 bridgehead atoms. The van der Waals surface area contributed by atoms with Crippen LogP contribution in [0.4, 0.5) is 15.8 Å². The minimum Gasteiger partial charge on any atom is -0.508 e. The number of phenolic OH excluding ortho intramolecular Hbond substituents is 1. The SMILES string of the molecule is O=C(Nc1ccc2c(c1)CCCN2)c1ccc(O)cc1F. The zero-order valence-corrected chi connectivity index (χ0v) is 11.3. The van der Waals surface area contributed by atoms with Gasteiger partial charge < -0.3 is 15.7 Å². The second-order valence-corrected chi connectivity index (χ2v) is 5.02. The van der Waals surface area contributed by atoms with Crippen LogP contribution in [0.5, 0.6) is 5.75 Å². The monoisotopic (exact) mass is 286 g/mol. The Balaban J connectivity index is 1.81. The van der Waals surface area contributed by atoms with E-state index in [0.29, 0.717) is 5.69 Å². The molecular weight excluding hydrogens is 271 g/mol. The van der Waals surface area contributed by atoms with Gasteiger partial charge in [-0.05, 0) is 48.7 Å². The van der Waals surface area contributed by atoms with Crippen molar-refractivity contribution in [1.29, 1.82) is 0 Å². The normalized spacial score (nSPS) is 13.2. The molecule has 3 rings (SSSR count). The molecule has 0 aromatic heterocycles. The number of benzene rings is 2. The van der Waals surface area contributed by atoms with Crippen LogP contribution in [-0.2, 0) is 6.42 Å². The Bertz CT molecular complexity index is 701. The maximum atomic E-state index is 13.6. The zero-order chi connectivity index (χ0) is 14.8. The Morgan fingerprint density at radius 1 is 1.24 bits per heavy atom. The summed E-state index contributed by atoms with van der Waals surface area (Å²) in [4.78, 5) is 12.1. The molecule has 3 N–H and O–H groups in total. The summed E-state index contributed by atoms with van der Waals surface area (Å²) in [6.07, 6.45) is 2.01. The van der Waals surface area contributed by atoms with Gasteiger partial charge in [-0.1, -0.05) is 0 Å². The molecule has 0 spiro atoms. The van der Waals surface area contributed by atoms with E-state index in [9.17, 15) is 9.18 Å². The molecule has 0 atom stereocenters. The van der Waals surface area contributed by atoms with E-state index in [1.54, 1.807) is 6.07 Å². The van der Waals surface area contributed by atoms with Crippen molar-refractivity contribution in [2.24, 2.45) is 0 Å². The van der Waals surface area contributed by atoms with Gasteiger partial charge in [0.25, 0.3) is 5.91 Å². The summed E-state index contributed by atoms with van der Waals surface area (Å²) in [7, 11) is 0. The number of hydrogen-bond donors (Lipinski definition) is 3. The summed E-state index contributed by atoms with van der Waals surface area (Å²) in [6, 6.07) is 9.07. The Labute approximate surface area is 121 Å². The second kappa shape index (κ2) is 5.44. The number of anilines is 2. The third-order valence-corrected chi connectivity index (χ3v) is 3.50. The first-order chi connectivity index (χ1) is 10.1. The molecule has 108 valence electrons. The third kappa shape index (κ3) is 2.81. The molecule has 0 saturated heterocycles. The first kappa shape index (κ1) is 13.4. The van der Waals surface area contributed by atoms with Crippen LogP contribution in [0.1, 0.15) is 22.3 Å².